The summed E-state index contributed by atoms with van der Waals surface area (Å²) in [7, 11) is 0. The van der Waals surface area contributed by atoms with Gasteiger partial charge in [0.1, 0.15) is 6.10 Å². The van der Waals surface area contributed by atoms with Gasteiger partial charge in [0, 0.05) is 13.1 Å². The van der Waals surface area contributed by atoms with E-state index in [0.717, 1.165) is 26.1 Å². The Bertz CT molecular complexity index is 513. The zero-order valence-electron chi connectivity index (χ0n) is 12.2. The van der Waals surface area contributed by atoms with Crippen molar-refractivity contribution in [2.45, 2.75) is 31.9 Å². The van der Waals surface area contributed by atoms with Gasteiger partial charge in [-0.3, -0.25) is 4.79 Å². The molecule has 1 saturated heterocycles. The smallest absolute Gasteiger partial charge is 0.242 e. The minimum absolute atomic E-state index is 0.0119. The predicted octanol–water partition coefficient (Wildman–Crippen LogP) is 1.51. The summed E-state index contributed by atoms with van der Waals surface area (Å²) in [6, 6.07) is 8.40. The second-order valence-electron chi connectivity index (χ2n) is 6.11. The number of rotatable bonds is 2. The molecule has 0 radical (unpaired) electrons. The molecular formula is C16H22N2O2. The topological polar surface area (TPSA) is 41.6 Å². The summed E-state index contributed by atoms with van der Waals surface area (Å²) >= 11 is 0. The van der Waals surface area contributed by atoms with Gasteiger partial charge in [-0.2, -0.15) is 0 Å². The first-order chi connectivity index (χ1) is 9.58. The van der Waals surface area contributed by atoms with E-state index in [9.17, 15) is 4.79 Å². The van der Waals surface area contributed by atoms with E-state index in [-0.39, 0.29) is 12.0 Å². The zero-order valence-corrected chi connectivity index (χ0v) is 12.2. The van der Waals surface area contributed by atoms with Gasteiger partial charge in [-0.25, -0.2) is 0 Å². The third-order valence-electron chi connectivity index (χ3n) is 4.25. The van der Waals surface area contributed by atoms with Crippen LogP contribution in [0.15, 0.2) is 24.3 Å². The van der Waals surface area contributed by atoms with Crippen LogP contribution >= 0.6 is 0 Å². The molecule has 4 nitrogen and oxygen atoms in total. The number of carbonyl (C=O) groups excluding carboxylic acids is 1. The Morgan fingerprint density at radius 1 is 1.40 bits per heavy atom. The van der Waals surface area contributed by atoms with Gasteiger partial charge < -0.3 is 15.0 Å². The Hall–Kier alpha value is -1.39. The highest BCUT2D eigenvalue weighted by atomic mass is 16.5. The van der Waals surface area contributed by atoms with Crippen molar-refractivity contribution in [2.24, 2.45) is 0 Å². The van der Waals surface area contributed by atoms with Gasteiger partial charge in [-0.15, -0.1) is 0 Å². The molecule has 0 spiro atoms. The van der Waals surface area contributed by atoms with Gasteiger partial charge in [0.05, 0.1) is 18.7 Å². The number of hydrogen-bond acceptors (Lipinski definition) is 3. The van der Waals surface area contributed by atoms with Gasteiger partial charge in [0.25, 0.3) is 0 Å². The van der Waals surface area contributed by atoms with E-state index >= 15 is 0 Å². The molecular weight excluding hydrogens is 252 g/mol. The fraction of sp³-hybridized carbons (Fsp3) is 0.562. The zero-order chi connectivity index (χ0) is 14.2. The van der Waals surface area contributed by atoms with Crippen molar-refractivity contribution >= 4 is 5.91 Å². The molecule has 1 aromatic carbocycles. The molecule has 1 unspecified atom stereocenters. The van der Waals surface area contributed by atoms with Gasteiger partial charge in [-0.05, 0) is 31.4 Å². The highest BCUT2D eigenvalue weighted by molar-refractivity contribution is 5.86. The summed E-state index contributed by atoms with van der Waals surface area (Å²) in [5.41, 5.74) is 2.13. The minimum Gasteiger partial charge on any atom is -0.371 e. The summed E-state index contributed by atoms with van der Waals surface area (Å²) in [6.45, 7) is 6.87. The molecule has 3 rings (SSSR count). The number of ether oxygens (including phenoxy) is 1. The summed E-state index contributed by atoms with van der Waals surface area (Å²) in [6.07, 6.45) is 0.978. The first-order valence-corrected chi connectivity index (χ1v) is 7.32. The summed E-state index contributed by atoms with van der Waals surface area (Å²) in [4.78, 5) is 14.4. The standard InChI is InChI=1S/C16H22N2O2/c1-16(2)15(19)18(9-8-17-16)11-14-13-6-4-3-5-12(13)7-10-20-14/h3-6,14,17H,7-11H2,1-2H3. The van der Waals surface area contributed by atoms with E-state index in [4.69, 9.17) is 4.74 Å². The van der Waals surface area contributed by atoms with Crippen molar-refractivity contribution in [2.75, 3.05) is 26.2 Å². The van der Waals surface area contributed by atoms with Crippen molar-refractivity contribution in [1.82, 2.24) is 10.2 Å². The Kier molecular flexibility index (Phi) is 3.52. The number of nitrogens with one attached hydrogen (secondary N) is 1. The molecule has 1 amide bonds. The molecule has 1 atom stereocenters. The number of amides is 1. The summed E-state index contributed by atoms with van der Waals surface area (Å²) in [5.74, 6) is 0.162. The van der Waals surface area contributed by atoms with E-state index in [0.29, 0.717) is 6.54 Å². The van der Waals surface area contributed by atoms with Crippen LogP contribution in [0.1, 0.15) is 31.1 Å². The Balaban J connectivity index is 1.77. The molecule has 0 bridgehead atoms. The number of nitrogens with zero attached hydrogens (tertiary/aromatic N) is 1. The molecule has 0 aliphatic carbocycles. The molecule has 0 saturated carbocycles. The number of fused-ring (bicyclic) bond motifs is 1. The maximum absolute atomic E-state index is 12.4. The van der Waals surface area contributed by atoms with E-state index in [1.165, 1.54) is 11.1 Å². The Morgan fingerprint density at radius 2 is 2.20 bits per heavy atom. The van der Waals surface area contributed by atoms with E-state index in [1.807, 2.05) is 24.8 Å². The fourth-order valence-corrected chi connectivity index (χ4v) is 3.08. The lowest BCUT2D eigenvalue weighted by Gasteiger charge is -2.40. The molecule has 0 aromatic heterocycles. The van der Waals surface area contributed by atoms with Crippen molar-refractivity contribution in [3.8, 4) is 0 Å². The van der Waals surface area contributed by atoms with Crippen LogP contribution in [0.3, 0.4) is 0 Å². The van der Waals surface area contributed by atoms with Crippen LogP contribution in [0.25, 0.3) is 0 Å². The van der Waals surface area contributed by atoms with E-state index in [2.05, 4.69) is 23.5 Å². The SMILES string of the molecule is CC1(C)NCCN(CC2OCCc3ccccc32)C1=O. The van der Waals surface area contributed by atoms with Gasteiger partial charge in [0.15, 0.2) is 0 Å². The van der Waals surface area contributed by atoms with Crippen LogP contribution in [0, 0.1) is 0 Å². The highest BCUT2D eigenvalue weighted by Gasteiger charge is 2.36. The maximum atomic E-state index is 12.4. The van der Waals surface area contributed by atoms with Crippen LogP contribution in [0.2, 0.25) is 0 Å². The second kappa shape index (κ2) is 5.19. The van der Waals surface area contributed by atoms with Crippen LogP contribution in [0.4, 0.5) is 0 Å². The van der Waals surface area contributed by atoms with Gasteiger partial charge in [0.2, 0.25) is 5.91 Å². The lowest BCUT2D eigenvalue weighted by Crippen LogP contribution is -2.61. The number of benzene rings is 1. The lowest BCUT2D eigenvalue weighted by atomic mass is 9.95. The van der Waals surface area contributed by atoms with Crippen molar-refractivity contribution < 1.29 is 9.53 Å². The third kappa shape index (κ3) is 2.45. The van der Waals surface area contributed by atoms with Crippen molar-refractivity contribution in [1.29, 1.82) is 0 Å². The normalized spacial score (nSPS) is 25.4. The molecule has 4 heteroatoms. The average Bonchev–Trinajstić information content (AvgIpc) is 2.44. The molecule has 108 valence electrons. The monoisotopic (exact) mass is 274 g/mol. The molecule has 2 heterocycles. The molecule has 2 aliphatic rings. The third-order valence-corrected chi connectivity index (χ3v) is 4.25. The molecule has 20 heavy (non-hydrogen) atoms. The number of hydrogen-bond donors (Lipinski definition) is 1. The van der Waals surface area contributed by atoms with Crippen LogP contribution in [0.5, 0.6) is 0 Å². The Morgan fingerprint density at radius 3 is 3.05 bits per heavy atom. The quantitative estimate of drug-likeness (QED) is 0.889. The largest absolute Gasteiger partial charge is 0.371 e. The molecule has 1 aromatic rings. The van der Waals surface area contributed by atoms with E-state index < -0.39 is 5.54 Å². The van der Waals surface area contributed by atoms with E-state index in [1.54, 1.807) is 0 Å². The first-order valence-electron chi connectivity index (χ1n) is 7.32. The average molecular weight is 274 g/mol. The van der Waals surface area contributed by atoms with Crippen LogP contribution < -0.4 is 5.32 Å². The fourth-order valence-electron chi connectivity index (χ4n) is 3.08. The van der Waals surface area contributed by atoms with Crippen molar-refractivity contribution in [3.63, 3.8) is 0 Å². The van der Waals surface area contributed by atoms with Crippen LogP contribution in [-0.2, 0) is 16.0 Å². The van der Waals surface area contributed by atoms with Crippen LogP contribution in [-0.4, -0.2) is 42.6 Å². The second-order valence-corrected chi connectivity index (χ2v) is 6.11. The van der Waals surface area contributed by atoms with Gasteiger partial charge >= 0.3 is 0 Å². The number of carbonyl (C=O) groups is 1. The highest BCUT2D eigenvalue weighted by Crippen LogP contribution is 2.28. The molecule has 1 N–H and O–H groups in total. The maximum Gasteiger partial charge on any atom is 0.242 e. The summed E-state index contributed by atoms with van der Waals surface area (Å²) in [5, 5.41) is 3.26. The van der Waals surface area contributed by atoms with Gasteiger partial charge in [-0.1, -0.05) is 24.3 Å². The summed E-state index contributed by atoms with van der Waals surface area (Å²) < 4.78 is 5.91. The lowest BCUT2D eigenvalue weighted by molar-refractivity contribution is -0.142. The first kappa shape index (κ1) is 13.6. The van der Waals surface area contributed by atoms with Crippen molar-refractivity contribution in [3.05, 3.63) is 35.4 Å². The molecule has 1 fully saturated rings. The Labute approximate surface area is 120 Å². The molecule has 2 aliphatic heterocycles. The number of piperazine rings is 1. The predicted molar refractivity (Wildman–Crippen MR) is 77.5 cm³/mol. The minimum atomic E-state index is -0.466.